The van der Waals surface area contributed by atoms with E-state index in [1.807, 2.05) is 13.8 Å². The van der Waals surface area contributed by atoms with Crippen molar-refractivity contribution in [3.05, 3.63) is 0 Å². The molecule has 72 valence electrons. The van der Waals surface area contributed by atoms with E-state index < -0.39 is 10.8 Å². The molecule has 4 nitrogen and oxygen atoms in total. The second kappa shape index (κ2) is 8.29. The SMILES string of the molecule is CC.CNS(O)(O)CCCO. The molecule has 0 spiro atoms. The lowest BCUT2D eigenvalue weighted by atomic mass is 10.5. The number of hydrogen-bond acceptors (Lipinski definition) is 4. The van der Waals surface area contributed by atoms with Crippen molar-refractivity contribution < 1.29 is 14.2 Å². The highest BCUT2D eigenvalue weighted by Gasteiger charge is 2.05. The van der Waals surface area contributed by atoms with Gasteiger partial charge in [-0.1, -0.05) is 13.8 Å². The smallest absolute Gasteiger partial charge is 0.0549 e. The van der Waals surface area contributed by atoms with E-state index in [0.29, 0.717) is 6.42 Å². The van der Waals surface area contributed by atoms with E-state index in [2.05, 4.69) is 4.72 Å². The third-order valence-electron chi connectivity index (χ3n) is 0.914. The summed E-state index contributed by atoms with van der Waals surface area (Å²) in [4.78, 5) is 0. The Morgan fingerprint density at radius 2 is 1.73 bits per heavy atom. The van der Waals surface area contributed by atoms with Crippen LogP contribution in [0.5, 0.6) is 0 Å². The molecular formula is C6H19NO3S. The molecule has 0 amide bonds. The molecule has 0 aromatic heterocycles. The number of rotatable bonds is 4. The first-order valence-electron chi connectivity index (χ1n) is 3.67. The normalized spacial score (nSPS) is 11.8. The highest BCUT2D eigenvalue weighted by Crippen LogP contribution is 2.32. The van der Waals surface area contributed by atoms with Crippen molar-refractivity contribution in [3.63, 3.8) is 0 Å². The van der Waals surface area contributed by atoms with Gasteiger partial charge < -0.3 is 5.11 Å². The predicted octanol–water partition coefficient (Wildman–Crippen LogP) is 1.28. The van der Waals surface area contributed by atoms with Gasteiger partial charge in [-0.05, 0) is 6.42 Å². The van der Waals surface area contributed by atoms with Crippen LogP contribution in [0, 0.1) is 0 Å². The van der Waals surface area contributed by atoms with Crippen molar-refractivity contribution in [1.82, 2.24) is 4.72 Å². The Kier molecular flexibility index (Phi) is 10.4. The summed E-state index contributed by atoms with van der Waals surface area (Å²) in [6.45, 7) is 4.00. The molecule has 5 heteroatoms. The fourth-order valence-electron chi connectivity index (χ4n) is 0.368. The van der Waals surface area contributed by atoms with Crippen molar-refractivity contribution in [3.8, 4) is 0 Å². The largest absolute Gasteiger partial charge is 0.396 e. The van der Waals surface area contributed by atoms with Gasteiger partial charge in [0, 0.05) is 13.7 Å². The maximum absolute atomic E-state index is 8.87. The molecule has 0 unspecified atom stereocenters. The van der Waals surface area contributed by atoms with E-state index in [1.54, 1.807) is 0 Å². The average molecular weight is 185 g/mol. The van der Waals surface area contributed by atoms with E-state index in [4.69, 9.17) is 14.2 Å². The summed E-state index contributed by atoms with van der Waals surface area (Å²) in [5, 5.41) is 8.29. The van der Waals surface area contributed by atoms with Crippen LogP contribution in [0.25, 0.3) is 0 Å². The second-order valence-corrected chi connectivity index (χ2v) is 3.80. The van der Waals surface area contributed by atoms with Crippen LogP contribution in [-0.4, -0.2) is 33.6 Å². The van der Waals surface area contributed by atoms with Crippen LogP contribution in [0.1, 0.15) is 20.3 Å². The maximum atomic E-state index is 8.87. The summed E-state index contributed by atoms with van der Waals surface area (Å²) < 4.78 is 20.1. The van der Waals surface area contributed by atoms with Crippen LogP contribution < -0.4 is 4.72 Å². The molecular weight excluding hydrogens is 166 g/mol. The zero-order valence-corrected chi connectivity index (χ0v) is 8.19. The summed E-state index contributed by atoms with van der Waals surface area (Å²) in [6, 6.07) is 0. The van der Waals surface area contributed by atoms with Crippen LogP contribution in [0.4, 0.5) is 0 Å². The van der Waals surface area contributed by atoms with E-state index in [0.717, 1.165) is 0 Å². The summed E-state index contributed by atoms with van der Waals surface area (Å²) in [7, 11) is -1.11. The zero-order valence-electron chi connectivity index (χ0n) is 7.37. The average Bonchev–Trinajstić information content (AvgIpc) is 2.05. The minimum absolute atomic E-state index is 0.00243. The van der Waals surface area contributed by atoms with Crippen LogP contribution in [-0.2, 0) is 0 Å². The van der Waals surface area contributed by atoms with Gasteiger partial charge in [-0.3, -0.25) is 9.11 Å². The summed E-state index contributed by atoms with van der Waals surface area (Å²) in [5.74, 6) is 0.222. The highest BCUT2D eigenvalue weighted by molar-refractivity contribution is 8.22. The van der Waals surface area contributed by atoms with E-state index in [1.165, 1.54) is 7.05 Å². The van der Waals surface area contributed by atoms with Gasteiger partial charge in [-0.2, -0.15) is 0 Å². The lowest BCUT2D eigenvalue weighted by molar-refractivity contribution is 0.293. The summed E-state index contributed by atoms with van der Waals surface area (Å²) in [5.41, 5.74) is 0. The Morgan fingerprint density at radius 1 is 1.27 bits per heavy atom. The fraction of sp³-hybridized carbons (Fsp3) is 1.00. The van der Waals surface area contributed by atoms with Crippen LogP contribution >= 0.6 is 10.8 Å². The summed E-state index contributed by atoms with van der Waals surface area (Å²) in [6.07, 6.45) is 0.420. The van der Waals surface area contributed by atoms with Gasteiger partial charge >= 0.3 is 0 Å². The van der Waals surface area contributed by atoms with Crippen LogP contribution in [0.3, 0.4) is 0 Å². The van der Waals surface area contributed by atoms with Gasteiger partial charge in [-0.15, -0.1) is 10.8 Å². The molecule has 0 radical (unpaired) electrons. The Bertz CT molecular complexity index is 80.2. The second-order valence-electron chi connectivity index (χ2n) is 1.65. The first-order chi connectivity index (χ1) is 5.12. The minimum atomic E-state index is -2.59. The molecule has 0 aliphatic heterocycles. The molecule has 0 rings (SSSR count). The Morgan fingerprint density at radius 3 is 2.00 bits per heavy atom. The molecule has 0 heterocycles. The molecule has 0 saturated carbocycles. The first kappa shape index (κ1) is 13.8. The lowest BCUT2D eigenvalue weighted by Crippen LogP contribution is -2.18. The van der Waals surface area contributed by atoms with E-state index in [9.17, 15) is 0 Å². The highest BCUT2D eigenvalue weighted by atomic mass is 32.3. The number of hydrogen-bond donors (Lipinski definition) is 4. The number of nitrogens with one attached hydrogen (secondary N) is 1. The Labute approximate surface area is 70.1 Å². The van der Waals surface area contributed by atoms with Gasteiger partial charge in [0.1, 0.15) is 0 Å². The summed E-state index contributed by atoms with van der Waals surface area (Å²) >= 11 is 0. The molecule has 0 fully saturated rings. The van der Waals surface area contributed by atoms with Gasteiger partial charge in [-0.25, -0.2) is 4.72 Å². The van der Waals surface area contributed by atoms with Crippen molar-refractivity contribution in [2.45, 2.75) is 20.3 Å². The minimum Gasteiger partial charge on any atom is -0.396 e. The molecule has 0 aliphatic carbocycles. The zero-order chi connectivity index (χ0) is 9.33. The van der Waals surface area contributed by atoms with Crippen LogP contribution in [0.2, 0.25) is 0 Å². The quantitative estimate of drug-likeness (QED) is 0.532. The van der Waals surface area contributed by atoms with Crippen molar-refractivity contribution >= 4 is 10.8 Å². The number of aliphatic hydroxyl groups excluding tert-OH is 1. The van der Waals surface area contributed by atoms with Gasteiger partial charge in [0.05, 0.1) is 5.75 Å². The topological polar surface area (TPSA) is 72.7 Å². The first-order valence-corrected chi connectivity index (χ1v) is 5.39. The van der Waals surface area contributed by atoms with Crippen molar-refractivity contribution in [1.29, 1.82) is 0 Å². The Balaban J connectivity index is 0. The van der Waals surface area contributed by atoms with E-state index in [-0.39, 0.29) is 12.4 Å². The van der Waals surface area contributed by atoms with Crippen molar-refractivity contribution in [2.75, 3.05) is 19.4 Å². The maximum Gasteiger partial charge on any atom is 0.0549 e. The standard InChI is InChI=1S/C4H13NO3S.C2H6/c1-5-9(7,8)4-2-3-6;1-2/h5-8H,2-4H2,1H3;1-2H3. The molecule has 0 aromatic rings. The van der Waals surface area contributed by atoms with Gasteiger partial charge in [0.15, 0.2) is 0 Å². The van der Waals surface area contributed by atoms with Gasteiger partial charge in [0.2, 0.25) is 0 Å². The Hall–Kier alpha value is 0.190. The van der Waals surface area contributed by atoms with Crippen LogP contribution in [0.15, 0.2) is 0 Å². The molecule has 4 N–H and O–H groups in total. The molecule has 0 aliphatic rings. The van der Waals surface area contributed by atoms with Crippen molar-refractivity contribution in [2.24, 2.45) is 0 Å². The lowest BCUT2D eigenvalue weighted by Gasteiger charge is -2.30. The van der Waals surface area contributed by atoms with E-state index >= 15 is 0 Å². The molecule has 11 heavy (non-hydrogen) atoms. The fourth-order valence-corrected chi connectivity index (χ4v) is 1.10. The predicted molar refractivity (Wildman–Crippen MR) is 49.8 cm³/mol. The monoisotopic (exact) mass is 185 g/mol. The third-order valence-corrected chi connectivity index (χ3v) is 2.43. The third kappa shape index (κ3) is 10.2. The number of aliphatic hydroxyl groups is 1. The molecule has 0 bridgehead atoms. The van der Waals surface area contributed by atoms with Gasteiger partial charge in [0.25, 0.3) is 0 Å². The molecule has 0 saturated heterocycles. The molecule has 0 atom stereocenters. The molecule has 0 aromatic carbocycles.